The number of hydrogen-bond donors (Lipinski definition) is 3. The molecule has 0 saturated heterocycles. The predicted octanol–water partition coefficient (Wildman–Crippen LogP) is 5.50. The van der Waals surface area contributed by atoms with Crippen LogP contribution in [0.5, 0.6) is 5.88 Å². The van der Waals surface area contributed by atoms with Crippen LogP contribution < -0.4 is 20.7 Å². The molecule has 0 spiro atoms. The molecule has 1 saturated carbocycles. The number of anilines is 2. The zero-order valence-corrected chi connectivity index (χ0v) is 25.4. The Morgan fingerprint density at radius 3 is 2.77 bits per heavy atom. The van der Waals surface area contributed by atoms with Crippen LogP contribution >= 0.6 is 22.9 Å². The predicted molar refractivity (Wildman–Crippen MR) is 168 cm³/mol. The smallest absolute Gasteiger partial charge is 0.266 e. The van der Waals surface area contributed by atoms with Crippen LogP contribution in [0, 0.1) is 5.92 Å². The summed E-state index contributed by atoms with van der Waals surface area (Å²) in [6.45, 7) is 1.67. The van der Waals surface area contributed by atoms with Gasteiger partial charge in [-0.25, -0.2) is 9.97 Å². The van der Waals surface area contributed by atoms with Crippen molar-refractivity contribution in [2.24, 2.45) is 5.92 Å². The summed E-state index contributed by atoms with van der Waals surface area (Å²) in [7, 11) is 1.57. The van der Waals surface area contributed by atoms with E-state index in [2.05, 4.69) is 25.9 Å². The molecule has 0 aliphatic heterocycles. The van der Waals surface area contributed by atoms with Crippen molar-refractivity contribution in [1.29, 1.82) is 0 Å². The van der Waals surface area contributed by atoms with Crippen molar-refractivity contribution in [3.05, 3.63) is 57.7 Å². The molecule has 10 nitrogen and oxygen atoms in total. The number of nitrogens with zero attached hydrogens (tertiary/aromatic N) is 3. The summed E-state index contributed by atoms with van der Waals surface area (Å²) < 4.78 is 11.7. The highest BCUT2D eigenvalue weighted by atomic mass is 35.5. The number of carbonyl (C=O) groups excluding carboxylic acids is 2. The van der Waals surface area contributed by atoms with Gasteiger partial charge in [0.1, 0.15) is 17.4 Å². The lowest BCUT2D eigenvalue weighted by molar-refractivity contribution is -0.117. The summed E-state index contributed by atoms with van der Waals surface area (Å²) in [6.07, 6.45) is 7.74. The Hall–Kier alpha value is -3.80. The third-order valence-electron chi connectivity index (χ3n) is 7.48. The van der Waals surface area contributed by atoms with E-state index in [1.807, 2.05) is 18.2 Å². The molecule has 43 heavy (non-hydrogen) atoms. The minimum Gasteiger partial charge on any atom is -0.474 e. The minimum absolute atomic E-state index is 0.0209. The Bertz CT molecular complexity index is 1660. The molecular weight excluding hydrogens is 588 g/mol. The molecule has 1 fully saturated rings. The Kier molecular flexibility index (Phi) is 9.01. The van der Waals surface area contributed by atoms with Gasteiger partial charge in [0.25, 0.3) is 5.91 Å². The average Bonchev–Trinajstić information content (AvgIpc) is 3.79. The Morgan fingerprint density at radius 2 is 1.93 bits per heavy atom. The lowest BCUT2D eigenvalue weighted by atomic mass is 9.92. The zero-order valence-electron chi connectivity index (χ0n) is 23.9. The van der Waals surface area contributed by atoms with Crippen molar-refractivity contribution in [2.45, 2.75) is 38.5 Å². The highest BCUT2D eigenvalue weighted by Crippen LogP contribution is 2.35. The number of benzene rings is 1. The van der Waals surface area contributed by atoms with Crippen LogP contribution in [0.15, 0.2) is 36.5 Å². The van der Waals surface area contributed by atoms with Crippen LogP contribution in [0.1, 0.15) is 46.6 Å². The molecule has 0 bridgehead atoms. The maximum Gasteiger partial charge on any atom is 0.266 e. The molecule has 3 heterocycles. The number of rotatable bonds is 12. The van der Waals surface area contributed by atoms with E-state index in [-0.39, 0.29) is 30.2 Å². The fraction of sp³-hybridized carbons (Fsp3) is 0.387. The molecule has 12 heteroatoms. The summed E-state index contributed by atoms with van der Waals surface area (Å²) in [5.41, 5.74) is 5.20. The SMILES string of the molecule is CNC(=O)c1sc(-c2ccnc(NC(=O)C3CC3)c2)nc1OCCOCCNc1c2c(nc3cc(Cl)ccc13)CCCC2. The van der Waals surface area contributed by atoms with Gasteiger partial charge in [0.05, 0.1) is 18.7 Å². The lowest BCUT2D eigenvalue weighted by Gasteiger charge is -2.21. The van der Waals surface area contributed by atoms with E-state index in [1.54, 1.807) is 25.4 Å². The second kappa shape index (κ2) is 13.2. The topological polar surface area (TPSA) is 127 Å². The van der Waals surface area contributed by atoms with E-state index in [9.17, 15) is 9.59 Å². The number of pyridine rings is 2. The fourth-order valence-electron chi connectivity index (χ4n) is 5.14. The molecule has 0 atom stereocenters. The Labute approximate surface area is 258 Å². The summed E-state index contributed by atoms with van der Waals surface area (Å²) in [5, 5.41) is 11.4. The molecule has 1 aromatic carbocycles. The number of carbonyl (C=O) groups is 2. The van der Waals surface area contributed by atoms with Crippen molar-refractivity contribution in [3.8, 4) is 16.5 Å². The van der Waals surface area contributed by atoms with E-state index in [0.717, 1.165) is 66.4 Å². The first kappa shape index (κ1) is 29.3. The third kappa shape index (κ3) is 6.90. The summed E-state index contributed by atoms with van der Waals surface area (Å²) in [5.74, 6) is 0.472. The second-order valence-electron chi connectivity index (χ2n) is 10.6. The second-order valence-corrected chi connectivity index (χ2v) is 12.0. The van der Waals surface area contributed by atoms with Crippen LogP contribution in [-0.2, 0) is 22.4 Å². The van der Waals surface area contributed by atoms with Gasteiger partial charge in [0.2, 0.25) is 11.8 Å². The van der Waals surface area contributed by atoms with Crippen LogP contribution in [0.4, 0.5) is 11.5 Å². The van der Waals surface area contributed by atoms with Crippen molar-refractivity contribution in [2.75, 3.05) is 44.0 Å². The molecule has 3 N–H and O–H groups in total. The first-order valence-electron chi connectivity index (χ1n) is 14.6. The highest BCUT2D eigenvalue weighted by Gasteiger charge is 2.30. The van der Waals surface area contributed by atoms with Crippen LogP contribution in [0.2, 0.25) is 5.02 Å². The van der Waals surface area contributed by atoms with E-state index in [4.69, 9.17) is 26.1 Å². The maximum absolute atomic E-state index is 12.6. The third-order valence-corrected chi connectivity index (χ3v) is 8.79. The molecule has 2 aliphatic rings. The molecule has 2 amide bonds. The zero-order chi connectivity index (χ0) is 29.8. The lowest BCUT2D eigenvalue weighted by Crippen LogP contribution is -2.19. The van der Waals surface area contributed by atoms with Crippen molar-refractivity contribution in [3.63, 3.8) is 0 Å². The van der Waals surface area contributed by atoms with Gasteiger partial charge in [0, 0.05) is 53.1 Å². The molecule has 6 rings (SSSR count). The van der Waals surface area contributed by atoms with Crippen LogP contribution in [0.3, 0.4) is 0 Å². The Balaban J connectivity index is 1.04. The number of thiazole rings is 1. The number of fused-ring (bicyclic) bond motifs is 2. The molecule has 0 unspecified atom stereocenters. The number of nitrogens with one attached hydrogen (secondary N) is 3. The first-order valence-corrected chi connectivity index (χ1v) is 15.7. The van der Waals surface area contributed by atoms with Crippen molar-refractivity contribution >= 4 is 57.2 Å². The molecule has 224 valence electrons. The maximum atomic E-state index is 12.6. The van der Waals surface area contributed by atoms with Gasteiger partial charge in [-0.05, 0) is 74.4 Å². The van der Waals surface area contributed by atoms with Crippen molar-refractivity contribution in [1.82, 2.24) is 20.3 Å². The largest absolute Gasteiger partial charge is 0.474 e. The number of hydrogen-bond acceptors (Lipinski definition) is 9. The summed E-state index contributed by atoms with van der Waals surface area (Å²) >= 11 is 7.46. The molecular formula is C31H33ClN6O4S. The molecule has 3 aromatic heterocycles. The summed E-state index contributed by atoms with van der Waals surface area (Å²) in [6, 6.07) is 9.39. The van der Waals surface area contributed by atoms with Gasteiger partial charge in [0.15, 0.2) is 4.88 Å². The quantitative estimate of drug-likeness (QED) is 0.177. The first-order chi connectivity index (χ1) is 21.0. The van der Waals surface area contributed by atoms with E-state index in [0.29, 0.717) is 40.5 Å². The normalized spacial score (nSPS) is 14.3. The van der Waals surface area contributed by atoms with Gasteiger partial charge in [-0.15, -0.1) is 11.3 Å². The van der Waals surface area contributed by atoms with E-state index >= 15 is 0 Å². The average molecular weight is 621 g/mol. The van der Waals surface area contributed by atoms with Gasteiger partial charge >= 0.3 is 0 Å². The van der Waals surface area contributed by atoms with Gasteiger partial charge < -0.3 is 25.4 Å². The molecule has 2 aliphatic carbocycles. The van der Waals surface area contributed by atoms with Crippen LogP contribution in [-0.4, -0.2) is 60.2 Å². The number of aromatic nitrogens is 3. The van der Waals surface area contributed by atoms with Gasteiger partial charge in [-0.3, -0.25) is 14.6 Å². The van der Waals surface area contributed by atoms with E-state index < -0.39 is 0 Å². The Morgan fingerprint density at radius 1 is 1.07 bits per heavy atom. The van der Waals surface area contributed by atoms with Gasteiger partial charge in [-0.2, -0.15) is 0 Å². The monoisotopic (exact) mass is 620 g/mol. The fourth-order valence-corrected chi connectivity index (χ4v) is 6.26. The summed E-state index contributed by atoms with van der Waals surface area (Å²) in [4.78, 5) is 38.8. The number of aryl methyl sites for hydroxylation is 1. The highest BCUT2D eigenvalue weighted by molar-refractivity contribution is 7.17. The number of halogens is 1. The van der Waals surface area contributed by atoms with Gasteiger partial charge in [-0.1, -0.05) is 11.6 Å². The van der Waals surface area contributed by atoms with E-state index in [1.165, 1.54) is 16.9 Å². The van der Waals surface area contributed by atoms with Crippen molar-refractivity contribution < 1.29 is 19.1 Å². The minimum atomic E-state index is -0.283. The standard InChI is InChI=1S/C31H33ClN6O4S/c1-33-29(40)27-30(38-31(43-27)19-10-11-34-25(16-19)37-28(39)18-6-7-18)42-15-14-41-13-12-35-26-21-4-2-3-5-23(21)36-24-17-20(32)8-9-22(24)26/h8-11,16-18H,2-7,12-15H2,1H3,(H,33,40)(H,35,36)(H,34,37,39). The van der Waals surface area contributed by atoms with Crippen LogP contribution in [0.25, 0.3) is 21.5 Å². The number of ether oxygens (including phenoxy) is 2. The number of amides is 2. The molecule has 4 aromatic rings. The molecule has 0 radical (unpaired) electrons.